The van der Waals surface area contributed by atoms with Gasteiger partial charge in [-0.15, -0.1) is 0 Å². The number of rotatable bonds is 4. The van der Waals surface area contributed by atoms with Crippen molar-refractivity contribution in [3.63, 3.8) is 0 Å². The largest absolute Gasteiger partial charge is 0.489 e. The van der Waals surface area contributed by atoms with Crippen LogP contribution in [0.15, 0.2) is 18.2 Å². The number of para-hydroxylation sites is 1. The highest BCUT2D eigenvalue weighted by Gasteiger charge is 2.19. The van der Waals surface area contributed by atoms with Crippen LogP contribution < -0.4 is 4.74 Å². The highest BCUT2D eigenvalue weighted by Crippen LogP contribution is 2.32. The molecule has 0 spiro atoms. The van der Waals surface area contributed by atoms with Gasteiger partial charge in [0.1, 0.15) is 6.61 Å². The average molecular weight is 276 g/mol. The maximum atomic E-state index is 9.38. The molecule has 1 aromatic carbocycles. The van der Waals surface area contributed by atoms with Crippen LogP contribution in [-0.2, 0) is 0 Å². The molecule has 1 heterocycles. The Kier molecular flexibility index (Phi) is 4.51. The Balaban J connectivity index is 1.82. The summed E-state index contributed by atoms with van der Waals surface area (Å²) in [4.78, 5) is 2.16. The van der Waals surface area contributed by atoms with E-state index in [4.69, 9.17) is 27.9 Å². The Hall–Kier alpha value is -0.480. The number of halogens is 2. The topological polar surface area (TPSA) is 32.7 Å². The second kappa shape index (κ2) is 5.91. The zero-order valence-electron chi connectivity index (χ0n) is 9.40. The van der Waals surface area contributed by atoms with Crippen LogP contribution in [0.2, 0.25) is 10.0 Å². The average Bonchev–Trinajstić information content (AvgIpc) is 2.69. The second-order valence-electron chi connectivity index (χ2n) is 4.14. The van der Waals surface area contributed by atoms with Gasteiger partial charge in [-0.05, 0) is 18.6 Å². The minimum absolute atomic E-state index is 0.195. The number of nitrogens with zero attached hydrogens (tertiary/aromatic N) is 1. The van der Waals surface area contributed by atoms with Crippen LogP contribution in [0.5, 0.6) is 5.75 Å². The number of β-amino-alcohol motifs (C(OH)–C–C–N with tert-alkyl or cyclic N) is 1. The fraction of sp³-hybridized carbons (Fsp3) is 0.500. The van der Waals surface area contributed by atoms with Gasteiger partial charge in [-0.3, -0.25) is 4.90 Å². The molecule has 0 radical (unpaired) electrons. The van der Waals surface area contributed by atoms with E-state index in [2.05, 4.69) is 4.90 Å². The van der Waals surface area contributed by atoms with Crippen molar-refractivity contribution in [2.75, 3.05) is 26.2 Å². The number of hydrogen-bond acceptors (Lipinski definition) is 3. The lowest BCUT2D eigenvalue weighted by atomic mass is 10.3. The van der Waals surface area contributed by atoms with Crippen LogP contribution in [-0.4, -0.2) is 42.4 Å². The highest BCUT2D eigenvalue weighted by atomic mass is 35.5. The van der Waals surface area contributed by atoms with Crippen LogP contribution in [0.1, 0.15) is 6.42 Å². The Morgan fingerprint density at radius 2 is 2.06 bits per heavy atom. The minimum atomic E-state index is -0.195. The number of likely N-dealkylation sites (tertiary alicyclic amines) is 1. The van der Waals surface area contributed by atoms with Gasteiger partial charge in [0.05, 0.1) is 16.1 Å². The van der Waals surface area contributed by atoms with Crippen LogP contribution in [0.25, 0.3) is 0 Å². The van der Waals surface area contributed by atoms with Gasteiger partial charge < -0.3 is 9.84 Å². The van der Waals surface area contributed by atoms with Gasteiger partial charge in [-0.25, -0.2) is 0 Å². The first-order chi connectivity index (χ1) is 8.16. The Morgan fingerprint density at radius 3 is 2.65 bits per heavy atom. The first-order valence-electron chi connectivity index (χ1n) is 5.64. The fourth-order valence-corrected chi connectivity index (χ4v) is 2.42. The third kappa shape index (κ3) is 3.49. The zero-order valence-corrected chi connectivity index (χ0v) is 10.9. The summed E-state index contributed by atoms with van der Waals surface area (Å²) in [5.74, 6) is 0.538. The molecule has 1 N–H and O–H groups in total. The second-order valence-corrected chi connectivity index (χ2v) is 4.96. The smallest absolute Gasteiger partial charge is 0.156 e. The molecule has 1 aliphatic rings. The van der Waals surface area contributed by atoms with Crippen LogP contribution >= 0.6 is 23.2 Å². The van der Waals surface area contributed by atoms with Crippen LogP contribution in [0, 0.1) is 0 Å². The van der Waals surface area contributed by atoms with E-state index >= 15 is 0 Å². The van der Waals surface area contributed by atoms with Gasteiger partial charge >= 0.3 is 0 Å². The molecule has 1 atom stereocenters. The molecular weight excluding hydrogens is 261 g/mol. The summed E-state index contributed by atoms with van der Waals surface area (Å²) in [5, 5.41) is 10.4. The molecule has 0 aliphatic carbocycles. The summed E-state index contributed by atoms with van der Waals surface area (Å²) in [5.41, 5.74) is 0. The van der Waals surface area contributed by atoms with Gasteiger partial charge in [0.2, 0.25) is 0 Å². The summed E-state index contributed by atoms with van der Waals surface area (Å²) < 4.78 is 5.58. The molecule has 1 unspecified atom stereocenters. The summed E-state index contributed by atoms with van der Waals surface area (Å²) >= 11 is 12.0. The van der Waals surface area contributed by atoms with Crippen LogP contribution in [0.4, 0.5) is 0 Å². The molecule has 1 aliphatic heterocycles. The lowest BCUT2D eigenvalue weighted by molar-refractivity contribution is 0.167. The highest BCUT2D eigenvalue weighted by molar-refractivity contribution is 6.37. The first kappa shape index (κ1) is 13.0. The lowest BCUT2D eigenvalue weighted by Gasteiger charge is -2.16. The number of hydrogen-bond donors (Lipinski definition) is 1. The predicted molar refractivity (Wildman–Crippen MR) is 69.0 cm³/mol. The standard InChI is InChI=1S/C12H15Cl2NO2/c13-10-2-1-3-11(14)12(10)17-7-6-15-5-4-9(16)8-15/h1-3,9,16H,4-8H2. The van der Waals surface area contributed by atoms with Crippen molar-refractivity contribution in [3.05, 3.63) is 28.2 Å². The Morgan fingerprint density at radius 1 is 1.35 bits per heavy atom. The molecule has 1 saturated heterocycles. The predicted octanol–water partition coefficient (Wildman–Crippen LogP) is 2.44. The van der Waals surface area contributed by atoms with Crippen molar-refractivity contribution in [2.45, 2.75) is 12.5 Å². The number of aliphatic hydroxyl groups excluding tert-OH is 1. The van der Waals surface area contributed by atoms with Gasteiger partial charge in [0, 0.05) is 19.6 Å². The molecule has 1 aromatic rings. The van der Waals surface area contributed by atoms with Crippen LogP contribution in [0.3, 0.4) is 0 Å². The molecule has 0 amide bonds. The van der Waals surface area contributed by atoms with Gasteiger partial charge in [0.25, 0.3) is 0 Å². The maximum Gasteiger partial charge on any atom is 0.156 e. The summed E-state index contributed by atoms with van der Waals surface area (Å²) in [7, 11) is 0. The monoisotopic (exact) mass is 275 g/mol. The number of aliphatic hydroxyl groups is 1. The van der Waals surface area contributed by atoms with E-state index < -0.39 is 0 Å². The Labute approximate surface area is 111 Å². The summed E-state index contributed by atoms with van der Waals surface area (Å²) in [6.45, 7) is 2.94. The van der Waals surface area contributed by atoms with E-state index in [-0.39, 0.29) is 6.10 Å². The van der Waals surface area contributed by atoms with E-state index in [1.165, 1.54) is 0 Å². The maximum absolute atomic E-state index is 9.38. The third-order valence-electron chi connectivity index (χ3n) is 2.82. The first-order valence-corrected chi connectivity index (χ1v) is 6.39. The van der Waals surface area contributed by atoms with Gasteiger partial charge in [-0.1, -0.05) is 29.3 Å². The normalized spacial score (nSPS) is 20.8. The molecule has 94 valence electrons. The molecular formula is C12H15Cl2NO2. The van der Waals surface area contributed by atoms with E-state index in [0.717, 1.165) is 26.1 Å². The molecule has 3 nitrogen and oxygen atoms in total. The van der Waals surface area contributed by atoms with Gasteiger partial charge in [-0.2, -0.15) is 0 Å². The van der Waals surface area contributed by atoms with Crippen molar-refractivity contribution in [3.8, 4) is 5.75 Å². The molecule has 5 heteroatoms. The number of benzene rings is 1. The van der Waals surface area contributed by atoms with Crippen molar-refractivity contribution >= 4 is 23.2 Å². The van der Waals surface area contributed by atoms with E-state index in [1.54, 1.807) is 18.2 Å². The summed E-state index contributed by atoms with van der Waals surface area (Å²) in [6.07, 6.45) is 0.645. The minimum Gasteiger partial charge on any atom is -0.489 e. The van der Waals surface area contributed by atoms with E-state index in [0.29, 0.717) is 22.4 Å². The lowest BCUT2D eigenvalue weighted by Crippen LogP contribution is -2.27. The molecule has 0 saturated carbocycles. The molecule has 2 rings (SSSR count). The van der Waals surface area contributed by atoms with E-state index in [1.807, 2.05) is 0 Å². The zero-order chi connectivity index (χ0) is 12.3. The molecule has 0 bridgehead atoms. The van der Waals surface area contributed by atoms with Crippen molar-refractivity contribution in [1.29, 1.82) is 0 Å². The molecule has 17 heavy (non-hydrogen) atoms. The quantitative estimate of drug-likeness (QED) is 0.916. The van der Waals surface area contributed by atoms with Crippen molar-refractivity contribution in [1.82, 2.24) is 4.90 Å². The summed E-state index contributed by atoms with van der Waals surface area (Å²) in [6, 6.07) is 5.29. The number of ether oxygens (including phenoxy) is 1. The fourth-order valence-electron chi connectivity index (χ4n) is 1.91. The van der Waals surface area contributed by atoms with Crippen molar-refractivity contribution in [2.24, 2.45) is 0 Å². The van der Waals surface area contributed by atoms with Gasteiger partial charge in [0.15, 0.2) is 5.75 Å². The third-order valence-corrected chi connectivity index (χ3v) is 3.42. The molecule has 1 fully saturated rings. The SMILES string of the molecule is OC1CCN(CCOc2c(Cl)cccc2Cl)C1. The van der Waals surface area contributed by atoms with E-state index in [9.17, 15) is 5.11 Å². The van der Waals surface area contributed by atoms with Crippen molar-refractivity contribution < 1.29 is 9.84 Å². The molecule has 0 aromatic heterocycles. The Bertz CT molecular complexity index is 367.